The second kappa shape index (κ2) is 9.25. The summed E-state index contributed by atoms with van der Waals surface area (Å²) in [6.07, 6.45) is -0.342. The van der Waals surface area contributed by atoms with Crippen LogP contribution in [0.3, 0.4) is 0 Å². The lowest BCUT2D eigenvalue weighted by molar-refractivity contribution is -0.143. The summed E-state index contributed by atoms with van der Waals surface area (Å²) in [6.45, 7) is -0.0113. The van der Waals surface area contributed by atoms with Gasteiger partial charge in [-0.2, -0.15) is 0 Å². The number of fused-ring (bicyclic) bond motifs is 1. The molecule has 30 heavy (non-hydrogen) atoms. The van der Waals surface area contributed by atoms with Crippen molar-refractivity contribution in [2.75, 3.05) is 6.61 Å². The predicted molar refractivity (Wildman–Crippen MR) is 104 cm³/mol. The second-order valence-electron chi connectivity index (χ2n) is 6.55. The monoisotopic (exact) mass is 416 g/mol. The van der Waals surface area contributed by atoms with Crippen molar-refractivity contribution in [3.8, 4) is 0 Å². The molecule has 0 unspecified atom stereocenters. The number of esters is 1. The van der Waals surface area contributed by atoms with Gasteiger partial charge in [0, 0.05) is 19.0 Å². The van der Waals surface area contributed by atoms with E-state index in [-0.39, 0.29) is 38.0 Å². The first kappa shape index (κ1) is 21.1. The minimum Gasteiger partial charge on any atom is -0.466 e. The predicted octanol–water partition coefficient (Wildman–Crippen LogP) is 2.56. The molecule has 1 heterocycles. The molecule has 0 saturated carbocycles. The van der Waals surface area contributed by atoms with Crippen LogP contribution in [-0.2, 0) is 16.1 Å². The van der Waals surface area contributed by atoms with Gasteiger partial charge in [0.25, 0.3) is 5.56 Å². The van der Waals surface area contributed by atoms with Crippen molar-refractivity contribution in [3.63, 3.8) is 0 Å². The standard InChI is InChI=1S/C21H18F2N2O5/c22-13-6-7-14(16(23)12-13)18(26)8-9-19(27)30-11-3-10-25-20(28)15-4-1-2-5-17(15)24-21(25)29/h1-2,4-7,12H,3,8-11H2,(H,24,29). The Bertz CT molecular complexity index is 1220. The molecule has 0 atom stereocenters. The Morgan fingerprint density at radius 1 is 1.03 bits per heavy atom. The van der Waals surface area contributed by atoms with Crippen LogP contribution in [0.15, 0.2) is 52.1 Å². The van der Waals surface area contributed by atoms with Crippen molar-refractivity contribution in [3.05, 3.63) is 80.5 Å². The quantitative estimate of drug-likeness (QED) is 0.346. The first-order valence-corrected chi connectivity index (χ1v) is 9.22. The highest BCUT2D eigenvalue weighted by Gasteiger charge is 2.15. The number of carbonyl (C=O) groups excluding carboxylic acids is 2. The fourth-order valence-corrected chi connectivity index (χ4v) is 2.95. The van der Waals surface area contributed by atoms with E-state index in [0.29, 0.717) is 17.0 Å². The van der Waals surface area contributed by atoms with Crippen molar-refractivity contribution in [1.29, 1.82) is 0 Å². The number of benzene rings is 2. The Kier molecular flexibility index (Phi) is 6.51. The Balaban J connectivity index is 1.48. The first-order chi connectivity index (χ1) is 14.4. The van der Waals surface area contributed by atoms with Gasteiger partial charge in [-0.25, -0.2) is 13.6 Å². The number of hydrogen-bond acceptors (Lipinski definition) is 5. The number of hydrogen-bond donors (Lipinski definition) is 1. The number of Topliss-reactive ketones (excluding diaryl/α,β-unsaturated/α-hetero) is 1. The van der Waals surface area contributed by atoms with E-state index in [0.717, 1.165) is 16.7 Å². The molecule has 3 aromatic rings. The number of carbonyl (C=O) groups is 2. The second-order valence-corrected chi connectivity index (χ2v) is 6.55. The highest BCUT2D eigenvalue weighted by atomic mass is 19.1. The Morgan fingerprint density at radius 3 is 2.57 bits per heavy atom. The van der Waals surface area contributed by atoms with Gasteiger partial charge in [0.05, 0.1) is 29.5 Å². The van der Waals surface area contributed by atoms with Crippen molar-refractivity contribution in [1.82, 2.24) is 9.55 Å². The fourth-order valence-electron chi connectivity index (χ4n) is 2.95. The van der Waals surface area contributed by atoms with E-state index in [4.69, 9.17) is 4.74 Å². The van der Waals surface area contributed by atoms with E-state index in [1.165, 1.54) is 0 Å². The maximum absolute atomic E-state index is 13.6. The number of para-hydroxylation sites is 1. The maximum atomic E-state index is 13.6. The fraction of sp³-hybridized carbons (Fsp3) is 0.238. The molecule has 0 bridgehead atoms. The Labute approximate surface area is 168 Å². The van der Waals surface area contributed by atoms with Gasteiger partial charge in [-0.3, -0.25) is 19.0 Å². The van der Waals surface area contributed by atoms with Gasteiger partial charge in [-0.15, -0.1) is 0 Å². The van der Waals surface area contributed by atoms with E-state index in [1.807, 2.05) is 0 Å². The summed E-state index contributed by atoms with van der Waals surface area (Å²) in [7, 11) is 0. The molecule has 9 heteroatoms. The number of H-pyrrole nitrogens is 1. The van der Waals surface area contributed by atoms with Crippen molar-refractivity contribution in [2.45, 2.75) is 25.8 Å². The molecule has 0 aliphatic carbocycles. The summed E-state index contributed by atoms with van der Waals surface area (Å²) in [5.74, 6) is -3.10. The van der Waals surface area contributed by atoms with Crippen LogP contribution in [0.5, 0.6) is 0 Å². The normalized spacial score (nSPS) is 10.9. The lowest BCUT2D eigenvalue weighted by atomic mass is 10.1. The Morgan fingerprint density at radius 2 is 1.80 bits per heavy atom. The van der Waals surface area contributed by atoms with Gasteiger partial charge in [-0.05, 0) is 30.7 Å². The van der Waals surface area contributed by atoms with E-state index >= 15 is 0 Å². The smallest absolute Gasteiger partial charge is 0.328 e. The zero-order chi connectivity index (χ0) is 21.7. The minimum atomic E-state index is -0.987. The van der Waals surface area contributed by atoms with Crippen LogP contribution in [-0.4, -0.2) is 27.9 Å². The average Bonchev–Trinajstić information content (AvgIpc) is 2.71. The first-order valence-electron chi connectivity index (χ1n) is 9.22. The number of ketones is 1. The van der Waals surface area contributed by atoms with Gasteiger partial charge in [0.1, 0.15) is 11.6 Å². The maximum Gasteiger partial charge on any atom is 0.328 e. The molecule has 0 saturated heterocycles. The van der Waals surface area contributed by atoms with Crippen LogP contribution in [0.4, 0.5) is 8.78 Å². The molecule has 0 amide bonds. The molecule has 0 aliphatic heterocycles. The minimum absolute atomic E-state index is 0.0476. The highest BCUT2D eigenvalue weighted by molar-refractivity contribution is 5.97. The number of rotatable bonds is 8. The molecule has 3 rings (SSSR count). The van der Waals surface area contributed by atoms with Gasteiger partial charge in [-0.1, -0.05) is 12.1 Å². The van der Waals surface area contributed by atoms with Gasteiger partial charge in [0.2, 0.25) is 0 Å². The van der Waals surface area contributed by atoms with Crippen LogP contribution in [0.25, 0.3) is 10.9 Å². The summed E-state index contributed by atoms with van der Waals surface area (Å²) in [5.41, 5.74) is -0.846. The van der Waals surface area contributed by atoms with Crippen LogP contribution in [0.1, 0.15) is 29.6 Å². The largest absolute Gasteiger partial charge is 0.466 e. The Hall–Kier alpha value is -3.62. The van der Waals surface area contributed by atoms with E-state index < -0.39 is 34.6 Å². The van der Waals surface area contributed by atoms with Crippen LogP contribution in [0, 0.1) is 11.6 Å². The van der Waals surface area contributed by atoms with Crippen molar-refractivity contribution < 1.29 is 23.1 Å². The summed E-state index contributed by atoms with van der Waals surface area (Å²) in [4.78, 5) is 50.8. The third-order valence-electron chi connectivity index (χ3n) is 4.47. The number of halogens is 2. The molecule has 0 aliphatic rings. The lowest BCUT2D eigenvalue weighted by Gasteiger charge is -2.07. The number of ether oxygens (including phenoxy) is 1. The van der Waals surface area contributed by atoms with E-state index in [2.05, 4.69) is 4.98 Å². The number of nitrogens with one attached hydrogen (secondary N) is 1. The summed E-state index contributed by atoms with van der Waals surface area (Å²) < 4.78 is 32.5. The van der Waals surface area contributed by atoms with Gasteiger partial charge >= 0.3 is 11.7 Å². The van der Waals surface area contributed by atoms with E-state index in [1.54, 1.807) is 24.3 Å². The van der Waals surface area contributed by atoms with Gasteiger partial charge in [0.15, 0.2) is 5.78 Å². The van der Waals surface area contributed by atoms with Crippen molar-refractivity contribution >= 4 is 22.7 Å². The van der Waals surface area contributed by atoms with Crippen LogP contribution < -0.4 is 11.2 Å². The number of aromatic amines is 1. The van der Waals surface area contributed by atoms with Crippen molar-refractivity contribution in [2.24, 2.45) is 0 Å². The summed E-state index contributed by atoms with van der Waals surface area (Å²) in [6, 6.07) is 9.21. The molecule has 0 spiro atoms. The topological polar surface area (TPSA) is 98.2 Å². The number of aromatic nitrogens is 2. The molecule has 0 radical (unpaired) electrons. The van der Waals surface area contributed by atoms with Crippen LogP contribution >= 0.6 is 0 Å². The van der Waals surface area contributed by atoms with Crippen LogP contribution in [0.2, 0.25) is 0 Å². The zero-order valence-corrected chi connectivity index (χ0v) is 15.8. The van der Waals surface area contributed by atoms with Gasteiger partial charge < -0.3 is 9.72 Å². The number of nitrogens with zero attached hydrogens (tertiary/aromatic N) is 1. The highest BCUT2D eigenvalue weighted by Crippen LogP contribution is 2.13. The third-order valence-corrected chi connectivity index (χ3v) is 4.47. The zero-order valence-electron chi connectivity index (χ0n) is 15.8. The summed E-state index contributed by atoms with van der Waals surface area (Å²) >= 11 is 0. The third kappa shape index (κ3) is 4.86. The molecule has 1 aromatic heterocycles. The molecule has 7 nitrogen and oxygen atoms in total. The molecule has 0 fully saturated rings. The average molecular weight is 416 g/mol. The molecule has 156 valence electrons. The summed E-state index contributed by atoms with van der Waals surface area (Å²) in [5, 5.41) is 0.376. The molecular weight excluding hydrogens is 398 g/mol. The molecule has 1 N–H and O–H groups in total. The molecule has 2 aromatic carbocycles. The lowest BCUT2D eigenvalue weighted by Crippen LogP contribution is -2.35. The SMILES string of the molecule is O=C(CCC(=O)c1ccc(F)cc1F)OCCCn1c(=O)[nH]c2ccccc2c1=O. The molecular formula is C21H18F2N2O5. The van der Waals surface area contributed by atoms with E-state index in [9.17, 15) is 28.0 Å².